The summed E-state index contributed by atoms with van der Waals surface area (Å²) in [5.74, 6) is -1.19. The topological polar surface area (TPSA) is 69.7 Å². The molecule has 0 fully saturated rings. The monoisotopic (exact) mass is 278 g/mol. The van der Waals surface area contributed by atoms with E-state index < -0.39 is 33.3 Å². The van der Waals surface area contributed by atoms with E-state index in [4.69, 9.17) is 0 Å². The molecule has 0 N–H and O–H groups in total. The normalized spacial score (nSPS) is 15.5. The summed E-state index contributed by atoms with van der Waals surface area (Å²) in [7, 11) is -5.80. The van der Waals surface area contributed by atoms with Crippen LogP contribution >= 0.6 is 0 Å². The third kappa shape index (κ3) is 5.35. The minimum atomic E-state index is -5.80. The average molecular weight is 278 g/mol. The van der Waals surface area contributed by atoms with Crippen LogP contribution in [-0.4, -0.2) is 31.6 Å². The second-order valence-corrected chi connectivity index (χ2v) is 5.74. The number of hydrogen-bond acceptors (Lipinski definition) is 5. The Morgan fingerprint density at radius 3 is 1.88 bits per heavy atom. The zero-order chi connectivity index (χ0) is 14.1. The number of esters is 1. The molecule has 1 atom stereocenters. The first-order valence-electron chi connectivity index (χ1n) is 4.49. The second-order valence-electron chi connectivity index (χ2n) is 4.17. The van der Waals surface area contributed by atoms with E-state index in [1.165, 1.54) is 20.8 Å². The summed E-state index contributed by atoms with van der Waals surface area (Å²) < 4.78 is 65.3. The van der Waals surface area contributed by atoms with Gasteiger partial charge in [-0.15, -0.1) is 0 Å². The molecule has 9 heteroatoms. The lowest BCUT2D eigenvalue weighted by molar-refractivity contribution is -0.163. The molecule has 17 heavy (non-hydrogen) atoms. The summed E-state index contributed by atoms with van der Waals surface area (Å²) in [5, 5.41) is 0. The van der Waals surface area contributed by atoms with Gasteiger partial charge in [-0.25, -0.2) is 8.98 Å². The van der Waals surface area contributed by atoms with Crippen molar-refractivity contribution < 1.29 is 35.3 Å². The molecule has 0 aromatic rings. The van der Waals surface area contributed by atoms with Crippen molar-refractivity contribution in [1.82, 2.24) is 0 Å². The molecule has 1 unspecified atom stereocenters. The van der Waals surface area contributed by atoms with Gasteiger partial charge < -0.3 is 4.74 Å². The highest BCUT2D eigenvalue weighted by Crippen LogP contribution is 2.26. The minimum absolute atomic E-state index is 0.858. The maximum atomic E-state index is 11.9. The van der Waals surface area contributed by atoms with Gasteiger partial charge in [-0.1, -0.05) is 0 Å². The molecular formula is C8H13F3O5S. The minimum Gasteiger partial charge on any atom is -0.458 e. The van der Waals surface area contributed by atoms with Crippen LogP contribution in [0.1, 0.15) is 27.7 Å². The van der Waals surface area contributed by atoms with Crippen molar-refractivity contribution in [3.8, 4) is 0 Å². The van der Waals surface area contributed by atoms with Crippen molar-refractivity contribution in [3.05, 3.63) is 0 Å². The molecule has 0 aliphatic rings. The first kappa shape index (κ1) is 16.2. The van der Waals surface area contributed by atoms with Gasteiger partial charge in [-0.2, -0.15) is 21.6 Å². The smallest absolute Gasteiger partial charge is 0.458 e. The van der Waals surface area contributed by atoms with Gasteiger partial charge in [-0.3, -0.25) is 0 Å². The Hall–Kier alpha value is -0.830. The van der Waals surface area contributed by atoms with Crippen LogP contribution in [0.15, 0.2) is 0 Å². The average Bonchev–Trinajstić information content (AvgIpc) is 1.97. The van der Waals surface area contributed by atoms with Crippen LogP contribution in [0.5, 0.6) is 0 Å². The van der Waals surface area contributed by atoms with Gasteiger partial charge in [0.15, 0.2) is 6.10 Å². The second kappa shape index (κ2) is 4.81. The maximum Gasteiger partial charge on any atom is 0.523 e. The molecule has 0 aliphatic carbocycles. The van der Waals surface area contributed by atoms with Crippen LogP contribution < -0.4 is 0 Å². The van der Waals surface area contributed by atoms with Gasteiger partial charge in [0.05, 0.1) is 0 Å². The van der Waals surface area contributed by atoms with Gasteiger partial charge >= 0.3 is 21.6 Å². The van der Waals surface area contributed by atoms with E-state index in [1.807, 2.05) is 0 Å². The molecule has 0 saturated carbocycles. The molecule has 0 amide bonds. The summed E-state index contributed by atoms with van der Waals surface area (Å²) in [6, 6.07) is 0. The quantitative estimate of drug-likeness (QED) is 0.445. The first-order valence-corrected chi connectivity index (χ1v) is 5.89. The van der Waals surface area contributed by atoms with Gasteiger partial charge in [0.1, 0.15) is 5.60 Å². The predicted octanol–water partition coefficient (Wildman–Crippen LogP) is 1.58. The Balaban J connectivity index is 4.68. The van der Waals surface area contributed by atoms with Crippen LogP contribution in [0.2, 0.25) is 0 Å². The molecule has 0 aliphatic heterocycles. The fourth-order valence-electron chi connectivity index (χ4n) is 0.669. The molecular weight excluding hydrogens is 265 g/mol. The Morgan fingerprint density at radius 2 is 1.59 bits per heavy atom. The van der Waals surface area contributed by atoms with E-state index in [1.54, 1.807) is 0 Å². The molecule has 0 rings (SSSR count). The fourth-order valence-corrected chi connectivity index (χ4v) is 1.24. The highest BCUT2D eigenvalue weighted by atomic mass is 32.2. The molecule has 0 saturated heterocycles. The van der Waals surface area contributed by atoms with Crippen molar-refractivity contribution in [2.24, 2.45) is 0 Å². The van der Waals surface area contributed by atoms with Crippen LogP contribution in [0.3, 0.4) is 0 Å². The number of halogens is 3. The lowest BCUT2D eigenvalue weighted by atomic mass is 10.2. The highest BCUT2D eigenvalue weighted by molar-refractivity contribution is 7.87. The van der Waals surface area contributed by atoms with Crippen LogP contribution in [0, 0.1) is 0 Å². The van der Waals surface area contributed by atoms with Gasteiger partial charge in [-0.05, 0) is 27.7 Å². The van der Waals surface area contributed by atoms with Crippen molar-refractivity contribution in [2.75, 3.05) is 0 Å². The highest BCUT2D eigenvalue weighted by Gasteiger charge is 2.49. The van der Waals surface area contributed by atoms with Crippen LogP contribution in [0.4, 0.5) is 13.2 Å². The van der Waals surface area contributed by atoms with Crippen molar-refractivity contribution in [1.29, 1.82) is 0 Å². The molecule has 5 nitrogen and oxygen atoms in total. The lowest BCUT2D eigenvalue weighted by Crippen LogP contribution is -2.36. The number of rotatable bonds is 3. The van der Waals surface area contributed by atoms with Crippen molar-refractivity contribution >= 4 is 16.1 Å². The summed E-state index contributed by atoms with van der Waals surface area (Å²) in [6.07, 6.45) is -1.86. The van der Waals surface area contributed by atoms with Gasteiger partial charge in [0.2, 0.25) is 0 Å². The largest absolute Gasteiger partial charge is 0.523 e. The van der Waals surface area contributed by atoms with Crippen LogP contribution in [-0.2, 0) is 23.8 Å². The summed E-state index contributed by atoms with van der Waals surface area (Å²) in [5.41, 5.74) is -6.51. The number of hydrogen-bond donors (Lipinski definition) is 0. The molecule has 0 aromatic heterocycles. The van der Waals surface area contributed by atoms with E-state index in [0.717, 1.165) is 6.92 Å². The molecule has 102 valence electrons. The molecule has 0 radical (unpaired) electrons. The van der Waals surface area contributed by atoms with Crippen molar-refractivity contribution in [3.63, 3.8) is 0 Å². The Morgan fingerprint density at radius 1 is 1.18 bits per heavy atom. The van der Waals surface area contributed by atoms with Gasteiger partial charge in [0.25, 0.3) is 0 Å². The zero-order valence-electron chi connectivity index (χ0n) is 9.66. The number of ether oxygens (including phenoxy) is 1. The maximum absolute atomic E-state index is 11.9. The summed E-state index contributed by atoms with van der Waals surface area (Å²) in [4.78, 5) is 11.2. The third-order valence-electron chi connectivity index (χ3n) is 1.29. The molecule has 0 heterocycles. The van der Waals surface area contributed by atoms with E-state index in [2.05, 4.69) is 8.92 Å². The summed E-state index contributed by atoms with van der Waals surface area (Å²) >= 11 is 0. The first-order chi connectivity index (χ1) is 7.26. The standard InChI is InChI=1S/C8H13F3O5S/c1-5(6(12)15-7(2,3)4)16-17(13,14)8(9,10)11/h5H,1-4H3. The molecule has 0 spiro atoms. The number of carbonyl (C=O) groups excluding carboxylic acids is 1. The Labute approximate surface area is 97.0 Å². The van der Waals surface area contributed by atoms with E-state index in [-0.39, 0.29) is 0 Å². The van der Waals surface area contributed by atoms with E-state index in [9.17, 15) is 26.4 Å². The van der Waals surface area contributed by atoms with Crippen molar-refractivity contribution in [2.45, 2.75) is 44.9 Å². The SMILES string of the molecule is CC(OS(=O)(=O)C(F)(F)F)C(=O)OC(C)(C)C. The Kier molecular flexibility index (Phi) is 4.57. The molecule has 0 bridgehead atoms. The van der Waals surface area contributed by atoms with E-state index in [0.29, 0.717) is 0 Å². The third-order valence-corrected chi connectivity index (χ3v) is 2.40. The van der Waals surface area contributed by atoms with E-state index >= 15 is 0 Å². The summed E-state index contributed by atoms with van der Waals surface area (Å²) in [6.45, 7) is 5.30. The number of alkyl halides is 3. The predicted molar refractivity (Wildman–Crippen MR) is 51.4 cm³/mol. The fraction of sp³-hybridized carbons (Fsp3) is 0.875. The zero-order valence-corrected chi connectivity index (χ0v) is 10.5. The number of carbonyl (C=O) groups is 1. The van der Waals surface area contributed by atoms with Crippen LogP contribution in [0.25, 0.3) is 0 Å². The molecule has 0 aromatic carbocycles. The van der Waals surface area contributed by atoms with Gasteiger partial charge in [0, 0.05) is 0 Å². The Bertz CT molecular complexity index is 379. The lowest BCUT2D eigenvalue weighted by Gasteiger charge is -2.22.